The van der Waals surface area contributed by atoms with Gasteiger partial charge in [0.2, 0.25) is 0 Å². The van der Waals surface area contributed by atoms with Crippen LogP contribution >= 0.6 is 0 Å². The number of carboxylic acid groups (broad SMARTS) is 1. The molecule has 1 aliphatic rings. The largest absolute Gasteiger partial charge is 0.481 e. The van der Waals surface area contributed by atoms with Crippen molar-refractivity contribution < 1.29 is 19.4 Å². The summed E-state index contributed by atoms with van der Waals surface area (Å²) < 4.78 is 11.6. The third-order valence-corrected chi connectivity index (χ3v) is 4.86. The van der Waals surface area contributed by atoms with Gasteiger partial charge in [0.25, 0.3) is 0 Å². The summed E-state index contributed by atoms with van der Waals surface area (Å²) in [4.78, 5) is 11.4. The zero-order valence-electron chi connectivity index (χ0n) is 14.2. The monoisotopic (exact) mass is 340 g/mol. The van der Waals surface area contributed by atoms with Crippen LogP contribution in [0.25, 0.3) is 0 Å². The van der Waals surface area contributed by atoms with Gasteiger partial charge in [-0.2, -0.15) is 0 Å². The SMILES string of the molecule is O=C(O)C1CC(COCc2ccccc2)C1COCc1ccccc1. The van der Waals surface area contributed by atoms with Gasteiger partial charge in [0.15, 0.2) is 0 Å². The Labute approximate surface area is 148 Å². The molecule has 0 amide bonds. The Hall–Kier alpha value is -2.17. The molecule has 0 spiro atoms. The predicted octanol–water partition coefficient (Wildman–Crippen LogP) is 3.76. The Bertz CT molecular complexity index is 656. The van der Waals surface area contributed by atoms with Crippen LogP contribution in [-0.4, -0.2) is 24.3 Å². The second-order valence-electron chi connectivity index (χ2n) is 6.61. The molecule has 0 aliphatic heterocycles. The van der Waals surface area contributed by atoms with Crippen molar-refractivity contribution in [2.75, 3.05) is 13.2 Å². The van der Waals surface area contributed by atoms with Crippen LogP contribution in [-0.2, 0) is 27.5 Å². The standard InChI is InChI=1S/C21H24O4/c22-21(23)19-11-18(14-24-12-16-7-3-1-4-8-16)20(19)15-25-13-17-9-5-2-6-10-17/h1-10,18-20H,11-15H2,(H,22,23). The third-order valence-electron chi connectivity index (χ3n) is 4.86. The van der Waals surface area contributed by atoms with Crippen LogP contribution in [0.3, 0.4) is 0 Å². The van der Waals surface area contributed by atoms with E-state index in [0.29, 0.717) is 32.8 Å². The number of hydrogen-bond donors (Lipinski definition) is 1. The number of hydrogen-bond acceptors (Lipinski definition) is 3. The average molecular weight is 340 g/mol. The van der Waals surface area contributed by atoms with Gasteiger partial charge < -0.3 is 14.6 Å². The average Bonchev–Trinajstić information content (AvgIpc) is 2.62. The summed E-state index contributed by atoms with van der Waals surface area (Å²) in [5.41, 5.74) is 2.24. The number of rotatable bonds is 9. The van der Waals surface area contributed by atoms with Crippen molar-refractivity contribution in [1.29, 1.82) is 0 Å². The Kier molecular flexibility index (Phi) is 6.20. The third kappa shape index (κ3) is 4.91. The van der Waals surface area contributed by atoms with Gasteiger partial charge in [-0.1, -0.05) is 60.7 Å². The van der Waals surface area contributed by atoms with Gasteiger partial charge in [-0.3, -0.25) is 4.79 Å². The number of benzene rings is 2. The van der Waals surface area contributed by atoms with Crippen molar-refractivity contribution in [3.8, 4) is 0 Å². The van der Waals surface area contributed by atoms with E-state index in [-0.39, 0.29) is 17.8 Å². The van der Waals surface area contributed by atoms with E-state index in [1.54, 1.807) is 0 Å². The first-order valence-corrected chi connectivity index (χ1v) is 8.70. The van der Waals surface area contributed by atoms with Crippen LogP contribution < -0.4 is 0 Å². The van der Waals surface area contributed by atoms with E-state index in [1.807, 2.05) is 60.7 Å². The molecule has 0 saturated heterocycles. The number of carboxylic acids is 1. The van der Waals surface area contributed by atoms with Crippen LogP contribution in [0, 0.1) is 17.8 Å². The minimum absolute atomic E-state index is 0.0250. The van der Waals surface area contributed by atoms with E-state index < -0.39 is 5.97 Å². The van der Waals surface area contributed by atoms with Gasteiger partial charge >= 0.3 is 5.97 Å². The quantitative estimate of drug-likeness (QED) is 0.755. The van der Waals surface area contributed by atoms with E-state index in [9.17, 15) is 9.90 Å². The smallest absolute Gasteiger partial charge is 0.306 e. The predicted molar refractivity (Wildman–Crippen MR) is 94.9 cm³/mol. The summed E-state index contributed by atoms with van der Waals surface area (Å²) in [7, 11) is 0. The molecule has 2 aromatic rings. The van der Waals surface area contributed by atoms with E-state index in [1.165, 1.54) is 0 Å². The van der Waals surface area contributed by atoms with Crippen LogP contribution in [0.4, 0.5) is 0 Å². The fraction of sp³-hybridized carbons (Fsp3) is 0.381. The molecule has 4 nitrogen and oxygen atoms in total. The maximum absolute atomic E-state index is 11.4. The minimum atomic E-state index is -0.729. The lowest BCUT2D eigenvalue weighted by Gasteiger charge is -2.42. The molecule has 0 radical (unpaired) electrons. The molecule has 132 valence electrons. The molecule has 1 saturated carbocycles. The number of carbonyl (C=O) groups is 1. The molecule has 1 aliphatic carbocycles. The summed E-state index contributed by atoms with van der Waals surface area (Å²) in [6, 6.07) is 20.0. The lowest BCUT2D eigenvalue weighted by atomic mass is 9.65. The van der Waals surface area contributed by atoms with Crippen LogP contribution in [0.5, 0.6) is 0 Å². The van der Waals surface area contributed by atoms with Crippen LogP contribution in [0.15, 0.2) is 60.7 Å². The second kappa shape index (κ2) is 8.79. The second-order valence-corrected chi connectivity index (χ2v) is 6.61. The fourth-order valence-electron chi connectivity index (χ4n) is 3.33. The summed E-state index contributed by atoms with van der Waals surface area (Å²) in [5.74, 6) is -0.772. The molecule has 0 bridgehead atoms. The van der Waals surface area contributed by atoms with Crippen molar-refractivity contribution in [2.45, 2.75) is 19.6 Å². The van der Waals surface area contributed by atoms with Gasteiger partial charge in [0.1, 0.15) is 0 Å². The zero-order valence-corrected chi connectivity index (χ0v) is 14.2. The summed E-state index contributed by atoms with van der Waals surface area (Å²) in [5, 5.41) is 9.34. The number of ether oxygens (including phenoxy) is 2. The minimum Gasteiger partial charge on any atom is -0.481 e. The van der Waals surface area contributed by atoms with E-state index >= 15 is 0 Å². The first-order valence-electron chi connectivity index (χ1n) is 8.70. The van der Waals surface area contributed by atoms with Crippen molar-refractivity contribution in [3.63, 3.8) is 0 Å². The molecule has 1 N–H and O–H groups in total. The van der Waals surface area contributed by atoms with Gasteiger partial charge in [0, 0.05) is 5.92 Å². The van der Waals surface area contributed by atoms with Crippen molar-refractivity contribution in [3.05, 3.63) is 71.8 Å². The summed E-state index contributed by atoms with van der Waals surface area (Å²) in [6.45, 7) is 2.12. The highest BCUT2D eigenvalue weighted by Gasteiger charge is 2.45. The number of aliphatic carboxylic acids is 1. The van der Waals surface area contributed by atoms with E-state index in [2.05, 4.69) is 0 Å². The molecule has 2 aromatic carbocycles. The molecule has 0 aromatic heterocycles. The lowest BCUT2D eigenvalue weighted by molar-refractivity contribution is -0.157. The molecule has 1 fully saturated rings. The lowest BCUT2D eigenvalue weighted by Crippen LogP contribution is -2.46. The Morgan fingerprint density at radius 3 is 1.92 bits per heavy atom. The van der Waals surface area contributed by atoms with Gasteiger partial charge in [-0.25, -0.2) is 0 Å². The Morgan fingerprint density at radius 2 is 1.40 bits per heavy atom. The van der Waals surface area contributed by atoms with Crippen LogP contribution in [0.1, 0.15) is 17.5 Å². The van der Waals surface area contributed by atoms with Crippen molar-refractivity contribution in [1.82, 2.24) is 0 Å². The maximum Gasteiger partial charge on any atom is 0.306 e. The Morgan fingerprint density at radius 1 is 0.880 bits per heavy atom. The van der Waals surface area contributed by atoms with Crippen molar-refractivity contribution in [2.24, 2.45) is 17.8 Å². The summed E-state index contributed by atoms with van der Waals surface area (Å²) >= 11 is 0. The molecule has 3 atom stereocenters. The topological polar surface area (TPSA) is 55.8 Å². The van der Waals surface area contributed by atoms with Gasteiger partial charge in [-0.05, 0) is 23.5 Å². The molecule has 3 unspecified atom stereocenters. The van der Waals surface area contributed by atoms with Gasteiger partial charge in [0.05, 0.1) is 32.3 Å². The summed E-state index contributed by atoms with van der Waals surface area (Å²) in [6.07, 6.45) is 0.670. The fourth-order valence-corrected chi connectivity index (χ4v) is 3.33. The molecule has 0 heterocycles. The Balaban J connectivity index is 1.45. The molecular weight excluding hydrogens is 316 g/mol. The first-order chi connectivity index (χ1) is 12.2. The molecule has 3 rings (SSSR count). The van der Waals surface area contributed by atoms with E-state index in [4.69, 9.17) is 9.47 Å². The maximum atomic E-state index is 11.4. The highest BCUT2D eigenvalue weighted by atomic mass is 16.5. The highest BCUT2D eigenvalue weighted by Crippen LogP contribution is 2.41. The van der Waals surface area contributed by atoms with Crippen LogP contribution in [0.2, 0.25) is 0 Å². The molecule has 4 heteroatoms. The highest BCUT2D eigenvalue weighted by molar-refractivity contribution is 5.71. The van der Waals surface area contributed by atoms with Gasteiger partial charge in [-0.15, -0.1) is 0 Å². The normalized spacial score (nSPS) is 22.3. The zero-order chi connectivity index (χ0) is 17.5. The van der Waals surface area contributed by atoms with Crippen molar-refractivity contribution >= 4 is 5.97 Å². The first kappa shape index (κ1) is 17.6. The molecular formula is C21H24O4. The van der Waals surface area contributed by atoms with E-state index in [0.717, 1.165) is 11.1 Å². The molecule has 25 heavy (non-hydrogen) atoms.